The molecule has 114 valence electrons. The van der Waals surface area contributed by atoms with Gasteiger partial charge in [0.1, 0.15) is 0 Å². The molecule has 0 amide bonds. The van der Waals surface area contributed by atoms with E-state index in [1.165, 1.54) is 25.7 Å². The standard InChI is InChI=1S/C16H24N4O/c21-16-15(17-8-9-18-16)20-10-4-7-14(12-20)19-11-13-5-2-1-3-6-13/h1-2,8-9,13-14,19H,3-7,10-12H2,(H,18,21)/t13-,14+/m1/s1. The van der Waals surface area contributed by atoms with Gasteiger partial charge in [0.05, 0.1) is 0 Å². The van der Waals surface area contributed by atoms with E-state index in [2.05, 4.69) is 32.3 Å². The van der Waals surface area contributed by atoms with Crippen LogP contribution < -0.4 is 15.8 Å². The molecule has 2 atom stereocenters. The molecule has 1 aromatic heterocycles. The van der Waals surface area contributed by atoms with Gasteiger partial charge in [-0.2, -0.15) is 0 Å². The van der Waals surface area contributed by atoms with Crippen molar-refractivity contribution in [2.45, 2.75) is 38.1 Å². The Kier molecular flexibility index (Phi) is 4.70. The van der Waals surface area contributed by atoms with E-state index in [0.29, 0.717) is 11.9 Å². The maximum absolute atomic E-state index is 11.8. The van der Waals surface area contributed by atoms with Crippen molar-refractivity contribution in [2.75, 3.05) is 24.5 Å². The molecule has 21 heavy (non-hydrogen) atoms. The molecule has 2 N–H and O–H groups in total. The maximum Gasteiger partial charge on any atom is 0.290 e. The van der Waals surface area contributed by atoms with Crippen LogP contribution in [0.4, 0.5) is 5.82 Å². The van der Waals surface area contributed by atoms with Crippen molar-refractivity contribution in [1.82, 2.24) is 15.3 Å². The van der Waals surface area contributed by atoms with Gasteiger partial charge < -0.3 is 15.2 Å². The number of piperidine rings is 1. The largest absolute Gasteiger partial charge is 0.350 e. The zero-order valence-corrected chi connectivity index (χ0v) is 12.4. The molecule has 2 heterocycles. The Labute approximate surface area is 125 Å². The third kappa shape index (κ3) is 3.73. The van der Waals surface area contributed by atoms with E-state index in [1.807, 2.05) is 0 Å². The normalized spacial score (nSPS) is 26.0. The van der Waals surface area contributed by atoms with Crippen LogP contribution in [0.1, 0.15) is 32.1 Å². The number of hydrogen-bond donors (Lipinski definition) is 2. The fourth-order valence-electron chi connectivity index (χ4n) is 3.28. The SMILES string of the molecule is O=c1[nH]ccnc1N1CCC[C@H](NC[C@@H]2CC=CCC2)C1. The van der Waals surface area contributed by atoms with E-state index >= 15 is 0 Å². The highest BCUT2D eigenvalue weighted by molar-refractivity contribution is 5.36. The number of anilines is 1. The predicted molar refractivity (Wildman–Crippen MR) is 84.6 cm³/mol. The van der Waals surface area contributed by atoms with Gasteiger partial charge in [-0.25, -0.2) is 4.98 Å². The Morgan fingerprint density at radius 2 is 2.33 bits per heavy atom. The highest BCUT2D eigenvalue weighted by atomic mass is 16.1. The first-order chi connectivity index (χ1) is 10.3. The first-order valence-electron chi connectivity index (χ1n) is 8.00. The Bertz CT molecular complexity index is 539. The molecule has 1 aliphatic carbocycles. The van der Waals surface area contributed by atoms with E-state index in [4.69, 9.17) is 0 Å². The molecule has 5 heteroatoms. The molecule has 1 aliphatic heterocycles. The summed E-state index contributed by atoms with van der Waals surface area (Å²) in [6.45, 7) is 2.88. The number of nitrogens with one attached hydrogen (secondary N) is 2. The van der Waals surface area contributed by atoms with Crippen molar-refractivity contribution in [3.63, 3.8) is 0 Å². The molecule has 0 aromatic carbocycles. The van der Waals surface area contributed by atoms with Crippen LogP contribution >= 0.6 is 0 Å². The lowest BCUT2D eigenvalue weighted by molar-refractivity contribution is 0.366. The number of aromatic amines is 1. The van der Waals surface area contributed by atoms with E-state index in [1.54, 1.807) is 12.4 Å². The molecule has 1 fully saturated rings. The molecular formula is C16H24N4O. The summed E-state index contributed by atoms with van der Waals surface area (Å²) < 4.78 is 0. The van der Waals surface area contributed by atoms with Crippen LogP contribution in [-0.4, -0.2) is 35.6 Å². The summed E-state index contributed by atoms with van der Waals surface area (Å²) in [7, 11) is 0. The first kappa shape index (κ1) is 14.3. The Morgan fingerprint density at radius 1 is 1.38 bits per heavy atom. The smallest absolute Gasteiger partial charge is 0.290 e. The van der Waals surface area contributed by atoms with Gasteiger partial charge in [-0.05, 0) is 44.6 Å². The second kappa shape index (κ2) is 6.89. The van der Waals surface area contributed by atoms with Gasteiger partial charge in [-0.15, -0.1) is 0 Å². The molecule has 0 spiro atoms. The third-order valence-corrected chi connectivity index (χ3v) is 4.48. The summed E-state index contributed by atoms with van der Waals surface area (Å²) in [5, 5.41) is 3.69. The van der Waals surface area contributed by atoms with Crippen molar-refractivity contribution < 1.29 is 0 Å². The number of allylic oxidation sites excluding steroid dienone is 2. The topological polar surface area (TPSA) is 61.0 Å². The minimum absolute atomic E-state index is 0.0874. The van der Waals surface area contributed by atoms with Gasteiger partial charge in [-0.1, -0.05) is 12.2 Å². The Hall–Kier alpha value is -1.62. The molecule has 3 rings (SSSR count). The van der Waals surface area contributed by atoms with Crippen LogP contribution in [0.25, 0.3) is 0 Å². The lowest BCUT2D eigenvalue weighted by Gasteiger charge is -2.34. The molecule has 0 saturated carbocycles. The average molecular weight is 288 g/mol. The third-order valence-electron chi connectivity index (χ3n) is 4.48. The quantitative estimate of drug-likeness (QED) is 0.828. The summed E-state index contributed by atoms with van der Waals surface area (Å²) in [6.07, 6.45) is 13.8. The Morgan fingerprint density at radius 3 is 3.14 bits per heavy atom. The van der Waals surface area contributed by atoms with Gasteiger partial charge in [0.25, 0.3) is 5.56 Å². The summed E-state index contributed by atoms with van der Waals surface area (Å²) in [5.41, 5.74) is -0.0874. The van der Waals surface area contributed by atoms with Crippen LogP contribution in [0.5, 0.6) is 0 Å². The van der Waals surface area contributed by atoms with Crippen LogP contribution in [0.15, 0.2) is 29.3 Å². The van der Waals surface area contributed by atoms with Crippen molar-refractivity contribution in [1.29, 1.82) is 0 Å². The lowest BCUT2D eigenvalue weighted by atomic mass is 9.94. The zero-order chi connectivity index (χ0) is 14.5. The summed E-state index contributed by atoms with van der Waals surface area (Å²) >= 11 is 0. The van der Waals surface area contributed by atoms with E-state index in [9.17, 15) is 4.79 Å². The molecule has 5 nitrogen and oxygen atoms in total. The molecule has 0 bridgehead atoms. The average Bonchev–Trinajstić information content (AvgIpc) is 2.55. The molecule has 1 saturated heterocycles. The highest BCUT2D eigenvalue weighted by Gasteiger charge is 2.23. The van der Waals surface area contributed by atoms with Crippen LogP contribution in [0.2, 0.25) is 0 Å². The van der Waals surface area contributed by atoms with E-state index in [-0.39, 0.29) is 5.56 Å². The first-order valence-corrected chi connectivity index (χ1v) is 8.00. The van der Waals surface area contributed by atoms with Crippen LogP contribution in [0.3, 0.4) is 0 Å². The number of H-pyrrole nitrogens is 1. The number of hydrogen-bond acceptors (Lipinski definition) is 4. The Balaban J connectivity index is 1.55. The zero-order valence-electron chi connectivity index (χ0n) is 12.4. The maximum atomic E-state index is 11.8. The number of rotatable bonds is 4. The molecule has 0 unspecified atom stereocenters. The second-order valence-electron chi connectivity index (χ2n) is 6.09. The van der Waals surface area contributed by atoms with Gasteiger partial charge in [0, 0.05) is 31.5 Å². The summed E-state index contributed by atoms with van der Waals surface area (Å²) in [5.74, 6) is 1.33. The molecule has 0 radical (unpaired) electrons. The highest BCUT2D eigenvalue weighted by Crippen LogP contribution is 2.19. The van der Waals surface area contributed by atoms with Gasteiger partial charge >= 0.3 is 0 Å². The summed E-state index contributed by atoms with van der Waals surface area (Å²) in [6, 6.07) is 0.464. The summed E-state index contributed by atoms with van der Waals surface area (Å²) in [4.78, 5) is 20.9. The van der Waals surface area contributed by atoms with Crippen molar-refractivity contribution in [2.24, 2.45) is 5.92 Å². The van der Waals surface area contributed by atoms with E-state index < -0.39 is 0 Å². The molecular weight excluding hydrogens is 264 g/mol. The lowest BCUT2D eigenvalue weighted by Crippen LogP contribution is -2.48. The van der Waals surface area contributed by atoms with Crippen molar-refractivity contribution in [3.8, 4) is 0 Å². The second-order valence-corrected chi connectivity index (χ2v) is 6.09. The predicted octanol–water partition coefficient (Wildman–Crippen LogP) is 1.68. The fraction of sp³-hybridized carbons (Fsp3) is 0.625. The van der Waals surface area contributed by atoms with Gasteiger partial charge in [0.15, 0.2) is 5.82 Å². The molecule has 1 aromatic rings. The number of nitrogens with zero attached hydrogens (tertiary/aromatic N) is 2. The van der Waals surface area contributed by atoms with Crippen LogP contribution in [-0.2, 0) is 0 Å². The van der Waals surface area contributed by atoms with Gasteiger partial charge in [-0.3, -0.25) is 4.79 Å². The monoisotopic (exact) mass is 288 g/mol. The number of aromatic nitrogens is 2. The van der Waals surface area contributed by atoms with E-state index in [0.717, 1.165) is 32.0 Å². The minimum atomic E-state index is -0.0874. The van der Waals surface area contributed by atoms with Crippen molar-refractivity contribution >= 4 is 5.82 Å². The van der Waals surface area contributed by atoms with Crippen LogP contribution in [0, 0.1) is 5.92 Å². The minimum Gasteiger partial charge on any atom is -0.350 e. The molecule has 2 aliphatic rings. The van der Waals surface area contributed by atoms with Gasteiger partial charge in [0.2, 0.25) is 0 Å². The fourth-order valence-corrected chi connectivity index (χ4v) is 3.28. The van der Waals surface area contributed by atoms with Crippen molar-refractivity contribution in [3.05, 3.63) is 34.9 Å².